The van der Waals surface area contributed by atoms with Crippen LogP contribution in [0.4, 0.5) is 0 Å². The molecule has 0 radical (unpaired) electrons. The number of pyridine rings is 1. The summed E-state index contributed by atoms with van der Waals surface area (Å²) in [5, 5.41) is 3.60. The third-order valence-electron chi connectivity index (χ3n) is 4.10. The van der Waals surface area contributed by atoms with Gasteiger partial charge in [0.1, 0.15) is 11.3 Å². The largest absolute Gasteiger partial charge is 0.379 e. The first-order chi connectivity index (χ1) is 10.2. The number of nitrogens with one attached hydrogen (secondary N) is 1. The van der Waals surface area contributed by atoms with Gasteiger partial charge in [0, 0.05) is 18.3 Å². The standard InChI is InChI=1S/C16H24N4O/c1-4-6-18-14-10-21-9-12(14)16-19-13-8-17-7-5-15(13)20(16)11(2)3/h5,7-8,11-12,14,18H,4,6,9-10H2,1-3H3. The molecular weight excluding hydrogens is 264 g/mol. The van der Waals surface area contributed by atoms with E-state index in [0.717, 1.165) is 43.0 Å². The Morgan fingerprint density at radius 3 is 3.05 bits per heavy atom. The van der Waals surface area contributed by atoms with E-state index in [9.17, 15) is 0 Å². The number of aromatic nitrogens is 3. The Bertz CT molecular complexity index is 607. The zero-order valence-electron chi connectivity index (χ0n) is 13.0. The van der Waals surface area contributed by atoms with Crippen LogP contribution >= 0.6 is 0 Å². The molecule has 1 aliphatic rings. The maximum absolute atomic E-state index is 5.72. The molecule has 1 saturated heterocycles. The second kappa shape index (κ2) is 6.12. The van der Waals surface area contributed by atoms with Crippen molar-refractivity contribution in [2.24, 2.45) is 0 Å². The maximum Gasteiger partial charge on any atom is 0.117 e. The van der Waals surface area contributed by atoms with Gasteiger partial charge in [-0.2, -0.15) is 0 Å². The Hall–Kier alpha value is -1.46. The molecule has 114 valence electrons. The molecule has 5 heteroatoms. The molecule has 2 aromatic rings. The van der Waals surface area contributed by atoms with Crippen molar-refractivity contribution in [3.05, 3.63) is 24.3 Å². The molecule has 3 rings (SSSR count). The summed E-state index contributed by atoms with van der Waals surface area (Å²) in [6.07, 6.45) is 4.82. The lowest BCUT2D eigenvalue weighted by Crippen LogP contribution is -2.36. The molecule has 1 N–H and O–H groups in total. The number of ether oxygens (including phenoxy) is 1. The van der Waals surface area contributed by atoms with Gasteiger partial charge in [0.05, 0.1) is 30.8 Å². The average Bonchev–Trinajstić information content (AvgIpc) is 3.08. The summed E-state index contributed by atoms with van der Waals surface area (Å²) in [6.45, 7) is 9.13. The van der Waals surface area contributed by atoms with E-state index in [4.69, 9.17) is 9.72 Å². The van der Waals surface area contributed by atoms with Crippen molar-refractivity contribution in [3.63, 3.8) is 0 Å². The highest BCUT2D eigenvalue weighted by atomic mass is 16.5. The first kappa shape index (κ1) is 14.5. The van der Waals surface area contributed by atoms with Crippen LogP contribution in [-0.4, -0.2) is 40.3 Å². The van der Waals surface area contributed by atoms with E-state index in [1.54, 1.807) is 0 Å². The van der Waals surface area contributed by atoms with Crippen LogP contribution in [0.2, 0.25) is 0 Å². The van der Waals surface area contributed by atoms with Gasteiger partial charge in [0.25, 0.3) is 0 Å². The van der Waals surface area contributed by atoms with Crippen LogP contribution < -0.4 is 5.32 Å². The van der Waals surface area contributed by atoms with Gasteiger partial charge in [-0.1, -0.05) is 6.92 Å². The Balaban J connectivity index is 2.00. The average molecular weight is 288 g/mol. The van der Waals surface area contributed by atoms with E-state index < -0.39 is 0 Å². The van der Waals surface area contributed by atoms with Gasteiger partial charge in [-0.25, -0.2) is 4.98 Å². The Morgan fingerprint density at radius 2 is 2.29 bits per heavy atom. The van der Waals surface area contributed by atoms with E-state index in [1.807, 2.05) is 12.4 Å². The van der Waals surface area contributed by atoms with Gasteiger partial charge in [-0.15, -0.1) is 0 Å². The van der Waals surface area contributed by atoms with Gasteiger partial charge < -0.3 is 14.6 Å². The molecule has 2 aromatic heterocycles. The number of rotatable bonds is 5. The Kier molecular flexibility index (Phi) is 4.22. The fourth-order valence-electron chi connectivity index (χ4n) is 3.11. The lowest BCUT2D eigenvalue weighted by atomic mass is 10.0. The van der Waals surface area contributed by atoms with E-state index in [-0.39, 0.29) is 0 Å². The fraction of sp³-hybridized carbons (Fsp3) is 0.625. The second-order valence-electron chi connectivity index (χ2n) is 6.00. The van der Waals surface area contributed by atoms with E-state index in [0.29, 0.717) is 18.0 Å². The maximum atomic E-state index is 5.72. The predicted octanol–water partition coefficient (Wildman–Crippen LogP) is 2.49. The summed E-state index contributed by atoms with van der Waals surface area (Å²) in [4.78, 5) is 9.05. The summed E-state index contributed by atoms with van der Waals surface area (Å²) < 4.78 is 8.05. The van der Waals surface area contributed by atoms with Crippen molar-refractivity contribution in [3.8, 4) is 0 Å². The van der Waals surface area contributed by atoms with Gasteiger partial charge in [-0.05, 0) is 32.9 Å². The van der Waals surface area contributed by atoms with Crippen molar-refractivity contribution < 1.29 is 4.74 Å². The molecular formula is C16H24N4O. The lowest BCUT2D eigenvalue weighted by Gasteiger charge is -2.21. The highest BCUT2D eigenvalue weighted by molar-refractivity contribution is 5.75. The smallest absolute Gasteiger partial charge is 0.117 e. The van der Waals surface area contributed by atoms with Crippen LogP contribution in [-0.2, 0) is 4.74 Å². The predicted molar refractivity (Wildman–Crippen MR) is 83.6 cm³/mol. The first-order valence-corrected chi connectivity index (χ1v) is 7.85. The van der Waals surface area contributed by atoms with Crippen LogP contribution in [0, 0.1) is 0 Å². The molecule has 3 heterocycles. The SMILES string of the molecule is CCCNC1COCC1c1nc2cnccc2n1C(C)C. The Labute approximate surface area is 125 Å². The molecule has 0 amide bonds. The molecule has 2 unspecified atom stereocenters. The van der Waals surface area contributed by atoms with Crippen LogP contribution in [0.1, 0.15) is 45.0 Å². The zero-order chi connectivity index (χ0) is 14.8. The molecule has 0 spiro atoms. The molecule has 1 aliphatic heterocycles. The van der Waals surface area contributed by atoms with E-state index in [1.165, 1.54) is 0 Å². The first-order valence-electron chi connectivity index (χ1n) is 7.85. The molecule has 2 atom stereocenters. The van der Waals surface area contributed by atoms with Crippen molar-refractivity contribution in [2.75, 3.05) is 19.8 Å². The molecule has 0 saturated carbocycles. The van der Waals surface area contributed by atoms with Crippen LogP contribution in [0.3, 0.4) is 0 Å². The topological polar surface area (TPSA) is 52.0 Å². The van der Waals surface area contributed by atoms with Gasteiger partial charge in [0.15, 0.2) is 0 Å². The summed E-state index contributed by atoms with van der Waals surface area (Å²) in [7, 11) is 0. The minimum Gasteiger partial charge on any atom is -0.379 e. The van der Waals surface area contributed by atoms with Crippen LogP contribution in [0.5, 0.6) is 0 Å². The molecule has 21 heavy (non-hydrogen) atoms. The zero-order valence-corrected chi connectivity index (χ0v) is 13.0. The summed E-state index contributed by atoms with van der Waals surface area (Å²) in [5.41, 5.74) is 2.14. The quantitative estimate of drug-likeness (QED) is 0.918. The molecule has 1 fully saturated rings. The Morgan fingerprint density at radius 1 is 1.43 bits per heavy atom. The fourth-order valence-corrected chi connectivity index (χ4v) is 3.11. The van der Waals surface area contributed by atoms with Gasteiger partial charge in [-0.3, -0.25) is 4.98 Å². The summed E-state index contributed by atoms with van der Waals surface area (Å²) in [5.74, 6) is 1.44. The number of nitrogens with zero attached hydrogens (tertiary/aromatic N) is 3. The normalized spacial score (nSPS) is 22.5. The monoisotopic (exact) mass is 288 g/mol. The van der Waals surface area contributed by atoms with E-state index >= 15 is 0 Å². The second-order valence-corrected chi connectivity index (χ2v) is 6.00. The van der Waals surface area contributed by atoms with Crippen LogP contribution in [0.15, 0.2) is 18.5 Å². The van der Waals surface area contributed by atoms with Gasteiger partial charge >= 0.3 is 0 Å². The van der Waals surface area contributed by atoms with Crippen molar-refractivity contribution in [1.82, 2.24) is 19.9 Å². The number of hydrogen-bond acceptors (Lipinski definition) is 4. The minimum absolute atomic E-state index is 0.311. The lowest BCUT2D eigenvalue weighted by molar-refractivity contribution is 0.187. The van der Waals surface area contributed by atoms with Crippen molar-refractivity contribution in [2.45, 2.75) is 45.2 Å². The van der Waals surface area contributed by atoms with Crippen molar-refractivity contribution >= 4 is 11.0 Å². The number of imidazole rings is 1. The van der Waals surface area contributed by atoms with Crippen molar-refractivity contribution in [1.29, 1.82) is 0 Å². The third-order valence-corrected chi connectivity index (χ3v) is 4.10. The van der Waals surface area contributed by atoms with E-state index in [2.05, 4.69) is 41.7 Å². The van der Waals surface area contributed by atoms with Gasteiger partial charge in [0.2, 0.25) is 0 Å². The molecule has 5 nitrogen and oxygen atoms in total. The molecule has 0 aromatic carbocycles. The number of hydrogen-bond donors (Lipinski definition) is 1. The third kappa shape index (κ3) is 2.68. The number of fused-ring (bicyclic) bond motifs is 1. The molecule has 0 aliphatic carbocycles. The minimum atomic E-state index is 0.311. The highest BCUT2D eigenvalue weighted by Gasteiger charge is 2.33. The highest BCUT2D eigenvalue weighted by Crippen LogP contribution is 2.30. The van der Waals surface area contributed by atoms with Crippen LogP contribution in [0.25, 0.3) is 11.0 Å². The summed E-state index contributed by atoms with van der Waals surface area (Å²) >= 11 is 0. The summed E-state index contributed by atoms with van der Waals surface area (Å²) in [6, 6.07) is 2.78. The molecule has 0 bridgehead atoms.